The topological polar surface area (TPSA) is 65.2 Å². The van der Waals surface area contributed by atoms with E-state index in [1.54, 1.807) is 18.0 Å². The van der Waals surface area contributed by atoms with Crippen LogP contribution in [0.5, 0.6) is 0 Å². The fourth-order valence-corrected chi connectivity index (χ4v) is 2.89. The van der Waals surface area contributed by atoms with E-state index in [1.807, 2.05) is 42.5 Å². The van der Waals surface area contributed by atoms with Crippen LogP contribution in [0, 0.1) is 0 Å². The van der Waals surface area contributed by atoms with Gasteiger partial charge in [0, 0.05) is 37.1 Å². The smallest absolute Gasteiger partial charge is 0.273 e. The predicted octanol–water partition coefficient (Wildman–Crippen LogP) is 4.05. The Bertz CT molecular complexity index is 949. The van der Waals surface area contributed by atoms with E-state index in [-0.39, 0.29) is 11.8 Å². The molecule has 2 aromatic carbocycles. The number of aromatic nitrogens is 1. The fraction of sp³-hybridized carbons (Fsp3) is 0.158. The Morgan fingerprint density at radius 1 is 1.12 bits per heavy atom. The van der Waals surface area contributed by atoms with Gasteiger partial charge < -0.3 is 15.2 Å². The summed E-state index contributed by atoms with van der Waals surface area (Å²) in [6, 6.07) is 14.9. The molecule has 5 nitrogen and oxygen atoms in total. The number of halogens is 1. The lowest BCUT2D eigenvalue weighted by atomic mass is 10.1. The van der Waals surface area contributed by atoms with Crippen LogP contribution in [-0.2, 0) is 11.3 Å². The third-order valence-corrected chi connectivity index (χ3v) is 4.47. The lowest BCUT2D eigenvalue weighted by Gasteiger charge is -2.17. The number of carbonyl (C=O) groups excluding carboxylic acids is 2. The number of rotatable bonds is 4. The third-order valence-electron chi connectivity index (χ3n) is 4.08. The van der Waals surface area contributed by atoms with Crippen molar-refractivity contribution in [3.8, 4) is 0 Å². The van der Waals surface area contributed by atoms with Gasteiger partial charge in [-0.2, -0.15) is 0 Å². The second-order valence-electron chi connectivity index (χ2n) is 5.85. The molecule has 0 bridgehead atoms. The maximum atomic E-state index is 12.7. The molecule has 0 aliphatic rings. The maximum absolute atomic E-state index is 12.7. The Hall–Kier alpha value is -2.79. The van der Waals surface area contributed by atoms with Crippen LogP contribution in [0.15, 0.2) is 48.5 Å². The molecule has 1 aromatic heterocycles. The molecule has 0 fully saturated rings. The van der Waals surface area contributed by atoms with E-state index in [0.29, 0.717) is 22.9 Å². The van der Waals surface area contributed by atoms with Crippen molar-refractivity contribution < 1.29 is 9.59 Å². The number of anilines is 1. The maximum Gasteiger partial charge on any atom is 0.273 e. The molecule has 0 atom stereocenters. The molecule has 0 unspecified atom stereocenters. The van der Waals surface area contributed by atoms with Gasteiger partial charge in [-0.05, 0) is 17.7 Å². The Morgan fingerprint density at radius 2 is 1.80 bits per heavy atom. The summed E-state index contributed by atoms with van der Waals surface area (Å²) in [5, 5.41) is 4.08. The molecule has 0 aliphatic heterocycles. The second-order valence-corrected chi connectivity index (χ2v) is 6.22. The van der Waals surface area contributed by atoms with Gasteiger partial charge >= 0.3 is 0 Å². The standard InChI is InChI=1S/C19H18ClN3O2/c1-12(24)23(2)11-13-7-3-5-9-15(13)22-19(25)18-17(20)14-8-4-6-10-16(14)21-18/h3-10,21H,11H2,1-2H3,(H,22,25). The number of benzene rings is 2. The summed E-state index contributed by atoms with van der Waals surface area (Å²) >= 11 is 6.34. The number of aromatic amines is 1. The van der Waals surface area contributed by atoms with E-state index in [2.05, 4.69) is 10.3 Å². The van der Waals surface area contributed by atoms with Gasteiger partial charge in [-0.15, -0.1) is 0 Å². The molecular formula is C19H18ClN3O2. The summed E-state index contributed by atoms with van der Waals surface area (Å²) < 4.78 is 0. The van der Waals surface area contributed by atoms with Crippen molar-refractivity contribution >= 4 is 40.0 Å². The van der Waals surface area contributed by atoms with Crippen molar-refractivity contribution in [3.05, 3.63) is 64.8 Å². The average molecular weight is 356 g/mol. The number of nitrogens with one attached hydrogen (secondary N) is 2. The average Bonchev–Trinajstić information content (AvgIpc) is 2.94. The summed E-state index contributed by atoms with van der Waals surface area (Å²) in [6.07, 6.45) is 0. The van der Waals surface area contributed by atoms with Crippen molar-refractivity contribution in [2.45, 2.75) is 13.5 Å². The monoisotopic (exact) mass is 355 g/mol. The summed E-state index contributed by atoms with van der Waals surface area (Å²) in [5.41, 5.74) is 2.62. The van der Waals surface area contributed by atoms with Gasteiger partial charge in [0.1, 0.15) is 5.69 Å². The quantitative estimate of drug-likeness (QED) is 0.741. The van der Waals surface area contributed by atoms with Gasteiger partial charge in [-0.25, -0.2) is 0 Å². The zero-order chi connectivity index (χ0) is 18.0. The van der Waals surface area contributed by atoms with Gasteiger partial charge in [-0.3, -0.25) is 9.59 Å². The first-order valence-electron chi connectivity index (χ1n) is 7.84. The lowest BCUT2D eigenvalue weighted by Crippen LogP contribution is -2.24. The van der Waals surface area contributed by atoms with Crippen molar-refractivity contribution in [2.24, 2.45) is 0 Å². The predicted molar refractivity (Wildman–Crippen MR) is 99.9 cm³/mol. The number of hydrogen-bond donors (Lipinski definition) is 2. The Kier molecular flexibility index (Phi) is 4.76. The molecule has 6 heteroatoms. The molecule has 0 saturated heterocycles. The van der Waals surface area contributed by atoms with Gasteiger partial charge in [0.05, 0.1) is 5.02 Å². The minimum Gasteiger partial charge on any atom is -0.349 e. The minimum atomic E-state index is -0.320. The first kappa shape index (κ1) is 17.0. The fourth-order valence-electron chi connectivity index (χ4n) is 2.60. The van der Waals surface area contributed by atoms with Crippen molar-refractivity contribution in [2.75, 3.05) is 12.4 Å². The Balaban J connectivity index is 1.88. The van der Waals surface area contributed by atoms with Crippen LogP contribution in [-0.4, -0.2) is 28.7 Å². The van der Waals surface area contributed by atoms with Crippen LogP contribution in [0.1, 0.15) is 23.0 Å². The number of carbonyl (C=O) groups is 2. The lowest BCUT2D eigenvalue weighted by molar-refractivity contribution is -0.128. The molecule has 2 amide bonds. The summed E-state index contributed by atoms with van der Waals surface area (Å²) in [4.78, 5) is 28.8. The van der Waals surface area contributed by atoms with Crippen LogP contribution in [0.25, 0.3) is 10.9 Å². The summed E-state index contributed by atoms with van der Waals surface area (Å²) in [6.45, 7) is 1.91. The Morgan fingerprint density at radius 3 is 2.52 bits per heavy atom. The first-order valence-corrected chi connectivity index (χ1v) is 8.22. The highest BCUT2D eigenvalue weighted by Crippen LogP contribution is 2.28. The normalized spacial score (nSPS) is 10.7. The van der Waals surface area contributed by atoms with Crippen LogP contribution in [0.3, 0.4) is 0 Å². The second kappa shape index (κ2) is 6.99. The van der Waals surface area contributed by atoms with Gasteiger partial charge in [0.15, 0.2) is 0 Å². The molecule has 0 spiro atoms. The molecule has 3 rings (SSSR count). The van der Waals surface area contributed by atoms with E-state index in [9.17, 15) is 9.59 Å². The number of H-pyrrole nitrogens is 1. The summed E-state index contributed by atoms with van der Waals surface area (Å²) in [7, 11) is 1.72. The number of fused-ring (bicyclic) bond motifs is 1. The highest BCUT2D eigenvalue weighted by atomic mass is 35.5. The van der Waals surface area contributed by atoms with Gasteiger partial charge in [0.2, 0.25) is 5.91 Å². The Labute approximate surface area is 150 Å². The van der Waals surface area contributed by atoms with Gasteiger partial charge in [0.25, 0.3) is 5.91 Å². The van der Waals surface area contributed by atoms with Crippen molar-refractivity contribution in [3.63, 3.8) is 0 Å². The van der Waals surface area contributed by atoms with Crippen LogP contribution in [0.2, 0.25) is 5.02 Å². The molecule has 1 heterocycles. The molecule has 2 N–H and O–H groups in total. The van der Waals surface area contributed by atoms with E-state index in [4.69, 9.17) is 11.6 Å². The van der Waals surface area contributed by atoms with Crippen molar-refractivity contribution in [1.82, 2.24) is 9.88 Å². The highest BCUT2D eigenvalue weighted by Gasteiger charge is 2.17. The molecule has 0 saturated carbocycles. The van der Waals surface area contributed by atoms with E-state index in [1.165, 1.54) is 6.92 Å². The number of hydrogen-bond acceptors (Lipinski definition) is 2. The zero-order valence-corrected chi connectivity index (χ0v) is 14.7. The SMILES string of the molecule is CC(=O)N(C)Cc1ccccc1NC(=O)c1[nH]c2ccccc2c1Cl. The van der Waals surface area contributed by atoms with Crippen molar-refractivity contribution in [1.29, 1.82) is 0 Å². The molecule has 128 valence electrons. The zero-order valence-electron chi connectivity index (χ0n) is 14.0. The molecule has 25 heavy (non-hydrogen) atoms. The largest absolute Gasteiger partial charge is 0.349 e. The molecule has 3 aromatic rings. The molecule has 0 radical (unpaired) electrons. The first-order chi connectivity index (χ1) is 12.0. The van der Waals surface area contributed by atoms with E-state index in [0.717, 1.165) is 16.5 Å². The third kappa shape index (κ3) is 3.51. The summed E-state index contributed by atoms with van der Waals surface area (Å²) in [5.74, 6) is -0.362. The van der Waals surface area contributed by atoms with Crippen LogP contribution < -0.4 is 5.32 Å². The number of nitrogens with zero attached hydrogens (tertiary/aromatic N) is 1. The van der Waals surface area contributed by atoms with E-state index >= 15 is 0 Å². The highest BCUT2D eigenvalue weighted by molar-refractivity contribution is 6.39. The minimum absolute atomic E-state index is 0.0419. The van der Waals surface area contributed by atoms with Crippen LogP contribution in [0.4, 0.5) is 5.69 Å². The molecule has 0 aliphatic carbocycles. The number of amides is 2. The number of para-hydroxylation sites is 2. The van der Waals surface area contributed by atoms with Crippen LogP contribution >= 0.6 is 11.6 Å². The van der Waals surface area contributed by atoms with E-state index < -0.39 is 0 Å². The molecular weight excluding hydrogens is 338 g/mol. The van der Waals surface area contributed by atoms with Gasteiger partial charge in [-0.1, -0.05) is 48.0 Å².